The maximum Gasteiger partial charge on any atom is 0.304 e. The predicted octanol–water partition coefficient (Wildman–Crippen LogP) is 5.56. The molecule has 3 aromatic carbocycles. The highest BCUT2D eigenvalue weighted by atomic mass is 19.3. The molecule has 2 unspecified atom stereocenters. The molecule has 11 heteroatoms. The summed E-state index contributed by atoms with van der Waals surface area (Å²) in [7, 11) is 1.48. The van der Waals surface area contributed by atoms with Gasteiger partial charge in [-0.25, -0.2) is 8.78 Å². The fraction of sp³-hybridized carbons (Fsp3) is 0.267. The Balaban J connectivity index is 1.79. The Morgan fingerprint density at radius 3 is 2.07 bits per heavy atom. The molecule has 2 atom stereocenters. The van der Waals surface area contributed by atoms with Crippen LogP contribution in [0.15, 0.2) is 72.8 Å². The second-order valence-electron chi connectivity index (χ2n) is 9.33. The number of para-hydroxylation sites is 3. The number of alkyl halides is 2. The zero-order valence-electron chi connectivity index (χ0n) is 22.8. The van der Waals surface area contributed by atoms with Gasteiger partial charge in [0.1, 0.15) is 5.75 Å². The van der Waals surface area contributed by atoms with Gasteiger partial charge in [0.25, 0.3) is 11.8 Å². The third kappa shape index (κ3) is 6.03. The molecule has 2 amide bonds. The van der Waals surface area contributed by atoms with Crippen molar-refractivity contribution in [2.75, 3.05) is 16.9 Å². The number of ether oxygens (including phenoxy) is 3. The zero-order chi connectivity index (χ0) is 29.9. The highest BCUT2D eigenvalue weighted by Crippen LogP contribution is 2.47. The highest BCUT2D eigenvalue weighted by molar-refractivity contribution is 6.08. The Hall–Kier alpha value is -4.80. The van der Waals surface area contributed by atoms with Gasteiger partial charge in [-0.1, -0.05) is 30.3 Å². The molecular formula is C30H28F2N2O7. The number of carbonyl (C=O) groups excluding carboxylic acids is 4. The summed E-state index contributed by atoms with van der Waals surface area (Å²) >= 11 is 0. The Morgan fingerprint density at radius 1 is 0.854 bits per heavy atom. The van der Waals surface area contributed by atoms with Crippen LogP contribution in [0.5, 0.6) is 5.75 Å². The van der Waals surface area contributed by atoms with Crippen molar-refractivity contribution in [3.8, 4) is 5.75 Å². The van der Waals surface area contributed by atoms with Crippen LogP contribution in [0.4, 0.5) is 25.8 Å². The van der Waals surface area contributed by atoms with Crippen LogP contribution in [0.2, 0.25) is 0 Å². The molecule has 1 heterocycles. The van der Waals surface area contributed by atoms with Crippen molar-refractivity contribution >= 4 is 40.8 Å². The van der Waals surface area contributed by atoms with E-state index in [1.54, 1.807) is 24.3 Å². The Bertz CT molecular complexity index is 1480. The lowest BCUT2D eigenvalue weighted by Crippen LogP contribution is -2.45. The van der Waals surface area contributed by atoms with Crippen LogP contribution < -0.4 is 14.5 Å². The van der Waals surface area contributed by atoms with E-state index >= 15 is 8.78 Å². The number of anilines is 3. The number of amides is 2. The number of nitrogens with zero attached hydrogens (tertiary/aromatic N) is 2. The van der Waals surface area contributed by atoms with Crippen molar-refractivity contribution in [3.63, 3.8) is 0 Å². The normalized spacial score (nSPS) is 17.5. The van der Waals surface area contributed by atoms with Gasteiger partial charge in [0.2, 0.25) is 5.91 Å². The molecule has 0 saturated carbocycles. The van der Waals surface area contributed by atoms with E-state index in [1.807, 2.05) is 0 Å². The highest BCUT2D eigenvalue weighted by Gasteiger charge is 2.52. The number of benzene rings is 3. The fourth-order valence-electron chi connectivity index (χ4n) is 4.78. The van der Waals surface area contributed by atoms with Crippen LogP contribution in [0.25, 0.3) is 0 Å². The summed E-state index contributed by atoms with van der Waals surface area (Å²) in [6.45, 7) is 3.43. The monoisotopic (exact) mass is 566 g/mol. The molecule has 0 aromatic heterocycles. The second kappa shape index (κ2) is 11.7. The summed E-state index contributed by atoms with van der Waals surface area (Å²) < 4.78 is 46.6. The van der Waals surface area contributed by atoms with Gasteiger partial charge >= 0.3 is 11.9 Å². The number of fused-ring (bicyclic) bond motifs is 1. The van der Waals surface area contributed by atoms with Gasteiger partial charge < -0.3 is 14.2 Å². The van der Waals surface area contributed by atoms with Crippen molar-refractivity contribution in [2.45, 2.75) is 45.4 Å². The molecule has 1 aliphatic heterocycles. The SMILES string of the molecule is COc1ccccc1N(C(C)=O)c1ccc(C(=O)N2c3ccccc3C(OC(C)=O)C(F)(F)CC2OC(C)=O)cc1. The summed E-state index contributed by atoms with van der Waals surface area (Å²) in [4.78, 5) is 52.6. The number of rotatable bonds is 6. The van der Waals surface area contributed by atoms with E-state index in [2.05, 4.69) is 0 Å². The summed E-state index contributed by atoms with van der Waals surface area (Å²) in [6.07, 6.45) is -4.84. The van der Waals surface area contributed by atoms with E-state index in [9.17, 15) is 19.2 Å². The lowest BCUT2D eigenvalue weighted by molar-refractivity contribution is -0.181. The molecule has 1 aliphatic rings. The first-order valence-electron chi connectivity index (χ1n) is 12.6. The van der Waals surface area contributed by atoms with Crippen LogP contribution in [-0.4, -0.2) is 43.0 Å². The second-order valence-corrected chi connectivity index (χ2v) is 9.33. The summed E-state index contributed by atoms with van der Waals surface area (Å²) in [6, 6.07) is 18.6. The first-order valence-corrected chi connectivity index (χ1v) is 12.6. The molecule has 214 valence electrons. The average molecular weight is 567 g/mol. The minimum atomic E-state index is -3.68. The number of esters is 2. The topological polar surface area (TPSA) is 102 Å². The largest absolute Gasteiger partial charge is 0.495 e. The molecule has 0 radical (unpaired) electrons. The fourth-order valence-corrected chi connectivity index (χ4v) is 4.78. The molecule has 0 N–H and O–H groups in total. The summed E-state index contributed by atoms with van der Waals surface area (Å²) in [5.74, 6) is -6.11. The quantitative estimate of drug-likeness (QED) is 0.360. The first kappa shape index (κ1) is 29.2. The van der Waals surface area contributed by atoms with Gasteiger partial charge in [-0.05, 0) is 42.5 Å². The van der Waals surface area contributed by atoms with Crippen molar-refractivity contribution in [1.29, 1.82) is 0 Å². The molecule has 0 spiro atoms. The van der Waals surface area contributed by atoms with Gasteiger partial charge in [0.05, 0.1) is 24.9 Å². The van der Waals surface area contributed by atoms with Gasteiger partial charge in [-0.3, -0.25) is 29.0 Å². The number of hydrogen-bond donors (Lipinski definition) is 0. The maximum absolute atomic E-state index is 15.5. The molecule has 0 bridgehead atoms. The molecular weight excluding hydrogens is 538 g/mol. The standard InChI is InChI=1S/C30H28F2N2O7/c1-18(35)33(25-11-7-8-12-26(25)39-4)22-15-13-21(14-16-22)29(38)34-24-10-6-5-9-23(24)28(41-20(3)37)30(31,32)17-27(34)40-19(2)36/h5-16,27-28H,17H2,1-4H3. The summed E-state index contributed by atoms with van der Waals surface area (Å²) in [5.41, 5.74) is 0.852. The van der Waals surface area contributed by atoms with E-state index in [0.717, 1.165) is 18.7 Å². The van der Waals surface area contributed by atoms with Gasteiger partial charge in [-0.15, -0.1) is 0 Å². The van der Waals surface area contributed by atoms with E-state index in [-0.39, 0.29) is 22.7 Å². The van der Waals surface area contributed by atoms with Crippen LogP contribution in [-0.2, 0) is 23.9 Å². The smallest absolute Gasteiger partial charge is 0.304 e. The average Bonchev–Trinajstić information content (AvgIpc) is 3.00. The van der Waals surface area contributed by atoms with Crippen LogP contribution in [0, 0.1) is 0 Å². The van der Waals surface area contributed by atoms with Crippen molar-refractivity contribution < 1.29 is 42.2 Å². The molecule has 4 rings (SSSR count). The lowest BCUT2D eigenvalue weighted by atomic mass is 10.0. The first-order chi connectivity index (χ1) is 19.4. The van der Waals surface area contributed by atoms with Crippen molar-refractivity contribution in [2.24, 2.45) is 0 Å². The minimum Gasteiger partial charge on any atom is -0.495 e. The van der Waals surface area contributed by atoms with Crippen LogP contribution in [0.3, 0.4) is 0 Å². The Morgan fingerprint density at radius 2 is 1.46 bits per heavy atom. The van der Waals surface area contributed by atoms with Crippen LogP contribution in [0.1, 0.15) is 49.2 Å². The van der Waals surface area contributed by atoms with Crippen molar-refractivity contribution in [1.82, 2.24) is 0 Å². The van der Waals surface area contributed by atoms with E-state index in [0.29, 0.717) is 17.1 Å². The molecule has 41 heavy (non-hydrogen) atoms. The maximum atomic E-state index is 15.5. The minimum absolute atomic E-state index is 0.00404. The molecule has 0 saturated heterocycles. The summed E-state index contributed by atoms with van der Waals surface area (Å²) in [5, 5.41) is 0. The van der Waals surface area contributed by atoms with E-state index in [4.69, 9.17) is 14.2 Å². The molecule has 3 aromatic rings. The number of methoxy groups -OCH3 is 1. The molecule has 0 aliphatic carbocycles. The van der Waals surface area contributed by atoms with Gasteiger partial charge in [0, 0.05) is 37.6 Å². The number of carbonyl (C=O) groups is 4. The lowest BCUT2D eigenvalue weighted by Gasteiger charge is -2.31. The third-order valence-corrected chi connectivity index (χ3v) is 6.42. The third-order valence-electron chi connectivity index (χ3n) is 6.42. The predicted molar refractivity (Wildman–Crippen MR) is 145 cm³/mol. The van der Waals surface area contributed by atoms with Gasteiger partial charge in [0.15, 0.2) is 12.3 Å². The van der Waals surface area contributed by atoms with E-state index in [1.165, 1.54) is 67.5 Å². The van der Waals surface area contributed by atoms with Crippen molar-refractivity contribution in [3.05, 3.63) is 83.9 Å². The number of hydrogen-bond acceptors (Lipinski definition) is 7. The number of halogens is 2. The molecule has 9 nitrogen and oxygen atoms in total. The zero-order valence-corrected chi connectivity index (χ0v) is 22.8. The van der Waals surface area contributed by atoms with Crippen LogP contribution >= 0.6 is 0 Å². The molecule has 0 fully saturated rings. The van der Waals surface area contributed by atoms with E-state index < -0.39 is 42.5 Å². The van der Waals surface area contributed by atoms with Gasteiger partial charge in [-0.2, -0.15) is 0 Å². The Labute approximate surface area is 235 Å². The Kier molecular flexibility index (Phi) is 8.36.